The number of nitrogens with zero attached hydrogens (tertiary/aromatic N) is 4. The second-order valence-electron chi connectivity index (χ2n) is 9.05. The number of rotatable bonds is 8. The minimum absolute atomic E-state index is 0.0283. The van der Waals surface area contributed by atoms with Crippen LogP contribution >= 0.6 is 0 Å². The van der Waals surface area contributed by atoms with E-state index in [1.54, 1.807) is 18.2 Å². The molecule has 2 heterocycles. The summed E-state index contributed by atoms with van der Waals surface area (Å²) in [6.07, 6.45) is -4.87. The highest BCUT2D eigenvalue weighted by Crippen LogP contribution is 2.18. The molecule has 3 rings (SSSR count). The second kappa shape index (κ2) is 14.0. The quantitative estimate of drug-likeness (QED) is 0.485. The van der Waals surface area contributed by atoms with E-state index in [1.165, 1.54) is 4.31 Å². The van der Waals surface area contributed by atoms with Gasteiger partial charge in [-0.2, -0.15) is 17.5 Å². The molecule has 37 heavy (non-hydrogen) atoms. The maximum absolute atomic E-state index is 13.4. The summed E-state index contributed by atoms with van der Waals surface area (Å²) in [6.45, 7) is 10.0. The van der Waals surface area contributed by atoms with Crippen LogP contribution in [0, 0.1) is 6.92 Å². The number of likely N-dealkylation sites (N-methyl/N-ethyl adjacent to an activating group) is 1. The topological polar surface area (TPSA) is 113 Å². The molecule has 2 fully saturated rings. The Hall–Kier alpha value is -2.26. The van der Waals surface area contributed by atoms with E-state index in [-0.39, 0.29) is 18.9 Å². The van der Waals surface area contributed by atoms with Crippen LogP contribution in [0.2, 0.25) is 0 Å². The average Bonchev–Trinajstić information content (AvgIpc) is 2.85. The standard InChI is InChI=1S/C21H35N5O3S.C2HF3O2/c1-19-4-3-5-20(18-19)30(28,29)26(17-16-24-14-12-23(2)13-15-24)9-6-21(27)25-10-7-22-8-11-25;3-2(4,5)1(6)7/h3-5,18,22H,6-17H2,1-2H3;(H,6,7). The summed E-state index contributed by atoms with van der Waals surface area (Å²) in [5.41, 5.74) is 0.909. The van der Waals surface area contributed by atoms with Crippen molar-refractivity contribution in [1.82, 2.24) is 24.3 Å². The van der Waals surface area contributed by atoms with Crippen molar-refractivity contribution >= 4 is 21.9 Å². The van der Waals surface area contributed by atoms with Crippen molar-refractivity contribution in [2.75, 3.05) is 79.0 Å². The molecule has 1 amide bonds. The van der Waals surface area contributed by atoms with Crippen molar-refractivity contribution in [2.24, 2.45) is 0 Å². The molecule has 0 radical (unpaired) electrons. The Balaban J connectivity index is 0.000000604. The van der Waals surface area contributed by atoms with Crippen molar-refractivity contribution < 1.29 is 36.3 Å². The summed E-state index contributed by atoms with van der Waals surface area (Å²) < 4.78 is 60.0. The summed E-state index contributed by atoms with van der Waals surface area (Å²) >= 11 is 0. The van der Waals surface area contributed by atoms with Crippen LogP contribution < -0.4 is 5.32 Å². The number of aryl methyl sites for hydroxylation is 1. The van der Waals surface area contributed by atoms with E-state index in [9.17, 15) is 26.4 Å². The van der Waals surface area contributed by atoms with Crippen LogP contribution in [0.25, 0.3) is 0 Å². The number of halogens is 3. The first kappa shape index (κ1) is 31.0. The molecule has 0 aliphatic carbocycles. The van der Waals surface area contributed by atoms with E-state index in [1.807, 2.05) is 17.9 Å². The fourth-order valence-electron chi connectivity index (χ4n) is 3.89. The molecule has 210 valence electrons. The molecule has 2 N–H and O–H groups in total. The molecule has 2 aliphatic rings. The fourth-order valence-corrected chi connectivity index (χ4v) is 5.43. The predicted octanol–water partition coefficient (Wildman–Crippen LogP) is 0.688. The number of piperazine rings is 2. The lowest BCUT2D eigenvalue weighted by Crippen LogP contribution is -2.49. The Labute approximate surface area is 216 Å². The molecule has 1 aromatic rings. The zero-order valence-corrected chi connectivity index (χ0v) is 22.0. The number of alkyl halides is 3. The summed E-state index contributed by atoms with van der Waals surface area (Å²) in [7, 11) is -1.54. The van der Waals surface area contributed by atoms with Gasteiger partial charge in [-0.25, -0.2) is 13.2 Å². The van der Waals surface area contributed by atoms with Crippen LogP contribution in [0.1, 0.15) is 12.0 Å². The number of carbonyl (C=O) groups excluding carboxylic acids is 1. The Morgan fingerprint density at radius 3 is 2.19 bits per heavy atom. The highest BCUT2D eigenvalue weighted by atomic mass is 32.2. The molecule has 0 bridgehead atoms. The number of carbonyl (C=O) groups is 2. The van der Waals surface area contributed by atoms with Gasteiger partial charge in [-0.15, -0.1) is 0 Å². The minimum Gasteiger partial charge on any atom is -0.475 e. The van der Waals surface area contributed by atoms with Gasteiger partial charge in [0.2, 0.25) is 15.9 Å². The number of carboxylic acid groups (broad SMARTS) is 1. The molecular weight excluding hydrogens is 515 g/mol. The van der Waals surface area contributed by atoms with Crippen LogP contribution in [-0.4, -0.2) is 130 Å². The summed E-state index contributed by atoms with van der Waals surface area (Å²) in [6, 6.07) is 7.01. The number of sulfonamides is 1. The van der Waals surface area contributed by atoms with Crippen LogP contribution in [0.15, 0.2) is 29.2 Å². The zero-order valence-electron chi connectivity index (χ0n) is 21.2. The molecule has 0 saturated carbocycles. The van der Waals surface area contributed by atoms with E-state index < -0.39 is 22.2 Å². The highest BCUT2D eigenvalue weighted by molar-refractivity contribution is 7.89. The molecule has 0 spiro atoms. The first-order valence-electron chi connectivity index (χ1n) is 12.1. The first-order chi connectivity index (χ1) is 17.3. The number of hydrogen-bond acceptors (Lipinski definition) is 7. The third-order valence-electron chi connectivity index (χ3n) is 6.18. The number of nitrogens with one attached hydrogen (secondary N) is 1. The van der Waals surface area contributed by atoms with Crippen LogP contribution in [0.3, 0.4) is 0 Å². The molecule has 0 unspecified atom stereocenters. The number of amides is 1. The molecule has 14 heteroatoms. The molecule has 10 nitrogen and oxygen atoms in total. The molecular formula is C23H36F3N5O5S. The lowest BCUT2D eigenvalue weighted by atomic mass is 10.2. The molecule has 0 aromatic heterocycles. The van der Waals surface area contributed by atoms with E-state index in [0.29, 0.717) is 31.1 Å². The zero-order chi connectivity index (χ0) is 27.6. The number of hydrogen-bond donors (Lipinski definition) is 2. The number of aliphatic carboxylic acids is 1. The van der Waals surface area contributed by atoms with Crippen molar-refractivity contribution in [3.63, 3.8) is 0 Å². The van der Waals surface area contributed by atoms with Crippen molar-refractivity contribution in [3.8, 4) is 0 Å². The van der Waals surface area contributed by atoms with Crippen molar-refractivity contribution in [2.45, 2.75) is 24.4 Å². The van der Waals surface area contributed by atoms with Gasteiger partial charge in [0.1, 0.15) is 0 Å². The van der Waals surface area contributed by atoms with E-state index in [2.05, 4.69) is 22.2 Å². The highest BCUT2D eigenvalue weighted by Gasteiger charge is 2.38. The smallest absolute Gasteiger partial charge is 0.475 e. The molecule has 2 aliphatic heterocycles. The van der Waals surface area contributed by atoms with Crippen LogP contribution in [0.5, 0.6) is 0 Å². The third-order valence-corrected chi connectivity index (χ3v) is 8.07. The van der Waals surface area contributed by atoms with Gasteiger partial charge in [0.15, 0.2) is 0 Å². The maximum Gasteiger partial charge on any atom is 0.490 e. The van der Waals surface area contributed by atoms with Gasteiger partial charge in [-0.3, -0.25) is 9.69 Å². The number of benzene rings is 1. The van der Waals surface area contributed by atoms with E-state index >= 15 is 0 Å². The fraction of sp³-hybridized carbons (Fsp3) is 0.652. The Bertz CT molecular complexity index is 995. The van der Waals surface area contributed by atoms with Gasteiger partial charge >= 0.3 is 12.1 Å². The predicted molar refractivity (Wildman–Crippen MR) is 132 cm³/mol. The maximum atomic E-state index is 13.4. The second-order valence-corrected chi connectivity index (χ2v) is 11.0. The molecule has 1 aromatic carbocycles. The Kier molecular flexibility index (Phi) is 11.8. The average molecular weight is 552 g/mol. The van der Waals surface area contributed by atoms with Crippen LogP contribution in [0.4, 0.5) is 13.2 Å². The van der Waals surface area contributed by atoms with Gasteiger partial charge in [0.25, 0.3) is 0 Å². The van der Waals surface area contributed by atoms with Gasteiger partial charge in [0.05, 0.1) is 4.90 Å². The lowest BCUT2D eigenvalue weighted by Gasteiger charge is -2.34. The lowest BCUT2D eigenvalue weighted by molar-refractivity contribution is -0.192. The van der Waals surface area contributed by atoms with Crippen molar-refractivity contribution in [1.29, 1.82) is 0 Å². The van der Waals surface area contributed by atoms with E-state index in [0.717, 1.165) is 44.8 Å². The molecule has 0 atom stereocenters. The number of carboxylic acids is 1. The van der Waals surface area contributed by atoms with Gasteiger partial charge < -0.3 is 20.2 Å². The molecule has 2 saturated heterocycles. The third kappa shape index (κ3) is 10.2. The summed E-state index contributed by atoms with van der Waals surface area (Å²) in [5, 5.41) is 10.4. The summed E-state index contributed by atoms with van der Waals surface area (Å²) in [4.78, 5) is 28.2. The largest absolute Gasteiger partial charge is 0.490 e. The van der Waals surface area contributed by atoms with Gasteiger partial charge in [-0.1, -0.05) is 12.1 Å². The van der Waals surface area contributed by atoms with E-state index in [4.69, 9.17) is 9.90 Å². The Morgan fingerprint density at radius 1 is 1.05 bits per heavy atom. The van der Waals surface area contributed by atoms with Gasteiger partial charge in [0, 0.05) is 78.4 Å². The normalized spacial score (nSPS) is 17.8. The Morgan fingerprint density at radius 2 is 1.65 bits per heavy atom. The summed E-state index contributed by atoms with van der Waals surface area (Å²) in [5.74, 6) is -2.73. The van der Waals surface area contributed by atoms with Crippen molar-refractivity contribution in [3.05, 3.63) is 29.8 Å². The van der Waals surface area contributed by atoms with Crippen LogP contribution in [-0.2, 0) is 19.6 Å². The SMILES string of the molecule is Cc1cccc(S(=O)(=O)N(CCC(=O)N2CCNCC2)CCN2CCN(C)CC2)c1.O=C(O)C(F)(F)F. The van der Waals surface area contributed by atoms with Gasteiger partial charge in [-0.05, 0) is 31.7 Å². The minimum atomic E-state index is -5.08. The monoisotopic (exact) mass is 551 g/mol. The first-order valence-corrected chi connectivity index (χ1v) is 13.5.